The van der Waals surface area contributed by atoms with Gasteiger partial charge in [0, 0.05) is 18.7 Å². The molecule has 1 aromatic heterocycles. The Kier molecular flexibility index (Phi) is 3.13. The van der Waals surface area contributed by atoms with Crippen molar-refractivity contribution in [1.29, 1.82) is 0 Å². The molecule has 0 atom stereocenters. The predicted molar refractivity (Wildman–Crippen MR) is 69.1 cm³/mol. The van der Waals surface area contributed by atoms with Crippen molar-refractivity contribution >= 4 is 28.4 Å². The number of rotatable bonds is 4. The topological polar surface area (TPSA) is 127 Å². The average Bonchev–Trinajstić information content (AvgIpc) is 2.30. The Morgan fingerprint density at radius 2 is 2.22 bits per heavy atom. The van der Waals surface area contributed by atoms with Crippen molar-refractivity contribution in [3.8, 4) is 0 Å². The number of amides is 1. The van der Waals surface area contributed by atoms with Crippen molar-refractivity contribution in [1.82, 2.24) is 9.97 Å². The second-order valence-electron chi connectivity index (χ2n) is 3.83. The van der Waals surface area contributed by atoms with Gasteiger partial charge in [0.25, 0.3) is 5.56 Å². The number of nitrogens with one attached hydrogen (secondary N) is 2. The summed E-state index contributed by atoms with van der Waals surface area (Å²) in [7, 11) is 0. The summed E-state index contributed by atoms with van der Waals surface area (Å²) in [4.78, 5) is 29.1. The molecule has 0 unspecified atom stereocenters. The maximum Gasteiger partial charge on any atom is 0.260 e. The number of hydrogen-bond donors (Lipinski definition) is 4. The maximum absolute atomic E-state index is 11.8. The van der Waals surface area contributed by atoms with Crippen LogP contribution in [-0.4, -0.2) is 22.4 Å². The number of carbonyl (C=O) groups excluding carboxylic acids is 1. The third-order valence-corrected chi connectivity index (χ3v) is 2.39. The van der Waals surface area contributed by atoms with Crippen molar-refractivity contribution in [2.24, 2.45) is 5.73 Å². The molecule has 1 amide bonds. The van der Waals surface area contributed by atoms with Gasteiger partial charge in [0.15, 0.2) is 0 Å². The van der Waals surface area contributed by atoms with Crippen LogP contribution in [0.25, 0.3) is 10.9 Å². The molecule has 0 aliphatic heterocycles. The molecule has 18 heavy (non-hydrogen) atoms. The van der Waals surface area contributed by atoms with Gasteiger partial charge in [-0.3, -0.25) is 14.6 Å². The molecular formula is C11H13N5O2. The van der Waals surface area contributed by atoms with Gasteiger partial charge in [-0.15, -0.1) is 0 Å². The Labute approximate surface area is 102 Å². The first-order chi connectivity index (χ1) is 8.56. The summed E-state index contributed by atoms with van der Waals surface area (Å²) in [6, 6.07) is 4.90. The van der Waals surface area contributed by atoms with Crippen LogP contribution in [-0.2, 0) is 4.79 Å². The van der Waals surface area contributed by atoms with E-state index in [4.69, 9.17) is 11.5 Å². The monoisotopic (exact) mass is 247 g/mol. The lowest BCUT2D eigenvalue weighted by atomic mass is 10.2. The number of carbonyl (C=O) groups is 1. The molecule has 0 radical (unpaired) electrons. The molecule has 0 saturated carbocycles. The van der Waals surface area contributed by atoms with E-state index in [1.165, 1.54) is 0 Å². The minimum absolute atomic E-state index is 0.170. The minimum atomic E-state index is -0.418. The molecule has 0 spiro atoms. The number of nitrogens with two attached hydrogens (primary N) is 2. The van der Waals surface area contributed by atoms with E-state index in [0.29, 0.717) is 29.1 Å². The van der Waals surface area contributed by atoms with Crippen molar-refractivity contribution < 1.29 is 4.79 Å². The maximum atomic E-state index is 11.8. The molecule has 0 bridgehead atoms. The Hall–Kier alpha value is -2.57. The molecule has 7 nitrogen and oxygen atoms in total. The Morgan fingerprint density at radius 3 is 2.94 bits per heavy atom. The van der Waals surface area contributed by atoms with Crippen LogP contribution in [0, 0.1) is 0 Å². The standard InChI is InChI=1S/C11H13N5O2/c12-6-1-2-8-7(5-6)10(18)16-11(15-8)14-4-3-9(13)17/h1-2,5H,3-4,12H2,(H2,13,17)(H2,14,15,16,18). The number of fused-ring (bicyclic) bond motifs is 1. The summed E-state index contributed by atoms with van der Waals surface area (Å²) in [5, 5.41) is 3.25. The molecular weight excluding hydrogens is 234 g/mol. The van der Waals surface area contributed by atoms with Crippen molar-refractivity contribution in [2.45, 2.75) is 6.42 Å². The highest BCUT2D eigenvalue weighted by Crippen LogP contribution is 2.12. The van der Waals surface area contributed by atoms with E-state index in [0.717, 1.165) is 0 Å². The van der Waals surface area contributed by atoms with Crippen molar-refractivity contribution in [3.63, 3.8) is 0 Å². The van der Waals surface area contributed by atoms with E-state index in [1.807, 2.05) is 0 Å². The molecule has 1 aromatic carbocycles. The fourth-order valence-electron chi connectivity index (χ4n) is 1.54. The van der Waals surface area contributed by atoms with Crippen LogP contribution < -0.4 is 22.3 Å². The fraction of sp³-hybridized carbons (Fsp3) is 0.182. The highest BCUT2D eigenvalue weighted by molar-refractivity contribution is 5.81. The molecule has 7 heteroatoms. The summed E-state index contributed by atoms with van der Waals surface area (Å²) in [5.74, 6) is -0.114. The lowest BCUT2D eigenvalue weighted by molar-refractivity contribution is -0.117. The fourth-order valence-corrected chi connectivity index (χ4v) is 1.54. The molecule has 2 rings (SSSR count). The highest BCUT2D eigenvalue weighted by Gasteiger charge is 2.04. The van der Waals surface area contributed by atoms with Crippen LogP contribution in [0.15, 0.2) is 23.0 Å². The molecule has 6 N–H and O–H groups in total. The zero-order chi connectivity index (χ0) is 13.1. The molecule has 1 heterocycles. The lowest BCUT2D eigenvalue weighted by Gasteiger charge is -2.05. The number of H-pyrrole nitrogens is 1. The van der Waals surface area contributed by atoms with Crippen molar-refractivity contribution in [3.05, 3.63) is 28.6 Å². The van der Waals surface area contributed by atoms with Gasteiger partial charge in [-0.05, 0) is 18.2 Å². The van der Waals surface area contributed by atoms with Crippen LogP contribution in [0.2, 0.25) is 0 Å². The zero-order valence-corrected chi connectivity index (χ0v) is 9.56. The zero-order valence-electron chi connectivity index (χ0n) is 9.56. The van der Waals surface area contributed by atoms with E-state index in [9.17, 15) is 9.59 Å². The van der Waals surface area contributed by atoms with Gasteiger partial charge in [-0.1, -0.05) is 0 Å². The minimum Gasteiger partial charge on any atom is -0.399 e. The van der Waals surface area contributed by atoms with Gasteiger partial charge in [0.05, 0.1) is 10.9 Å². The normalized spacial score (nSPS) is 10.4. The molecule has 2 aromatic rings. The number of aromatic nitrogens is 2. The number of nitrogen functional groups attached to an aromatic ring is 1. The van der Waals surface area contributed by atoms with Gasteiger partial charge < -0.3 is 16.8 Å². The number of aromatic amines is 1. The summed E-state index contributed by atoms with van der Waals surface area (Å²) in [6.07, 6.45) is 0.170. The van der Waals surface area contributed by atoms with E-state index < -0.39 is 5.91 Å². The van der Waals surface area contributed by atoms with Crippen LogP contribution in [0.4, 0.5) is 11.6 Å². The second-order valence-corrected chi connectivity index (χ2v) is 3.83. The number of anilines is 2. The highest BCUT2D eigenvalue weighted by atomic mass is 16.1. The summed E-state index contributed by atoms with van der Waals surface area (Å²) >= 11 is 0. The Morgan fingerprint density at radius 1 is 1.44 bits per heavy atom. The largest absolute Gasteiger partial charge is 0.399 e. The first kappa shape index (κ1) is 11.9. The number of benzene rings is 1. The molecule has 0 fully saturated rings. The van der Waals surface area contributed by atoms with Crippen LogP contribution in [0.3, 0.4) is 0 Å². The first-order valence-corrected chi connectivity index (χ1v) is 5.38. The van der Waals surface area contributed by atoms with Gasteiger partial charge in [-0.2, -0.15) is 0 Å². The van der Waals surface area contributed by atoms with Gasteiger partial charge in [0.1, 0.15) is 0 Å². The number of primary amides is 1. The molecule has 0 saturated heterocycles. The van der Waals surface area contributed by atoms with E-state index in [2.05, 4.69) is 15.3 Å². The van der Waals surface area contributed by atoms with Crippen LogP contribution >= 0.6 is 0 Å². The lowest BCUT2D eigenvalue weighted by Crippen LogP contribution is -2.18. The quantitative estimate of drug-likeness (QED) is 0.556. The van der Waals surface area contributed by atoms with Gasteiger partial charge >= 0.3 is 0 Å². The number of nitrogens with zero attached hydrogens (tertiary/aromatic N) is 1. The summed E-state index contributed by atoms with van der Waals surface area (Å²) in [6.45, 7) is 0.318. The summed E-state index contributed by atoms with van der Waals surface area (Å²) in [5.41, 5.74) is 11.4. The third kappa shape index (κ3) is 2.57. The number of hydrogen-bond acceptors (Lipinski definition) is 5. The summed E-state index contributed by atoms with van der Waals surface area (Å²) < 4.78 is 0. The van der Waals surface area contributed by atoms with Gasteiger partial charge in [0.2, 0.25) is 11.9 Å². The van der Waals surface area contributed by atoms with Crippen LogP contribution in [0.1, 0.15) is 6.42 Å². The Bertz CT molecular complexity index is 649. The third-order valence-electron chi connectivity index (χ3n) is 2.39. The van der Waals surface area contributed by atoms with Gasteiger partial charge in [-0.25, -0.2) is 4.98 Å². The molecule has 0 aliphatic rings. The Balaban J connectivity index is 2.29. The SMILES string of the molecule is NC(=O)CCNc1nc2ccc(N)cc2c(=O)[nH]1. The van der Waals surface area contributed by atoms with Crippen molar-refractivity contribution in [2.75, 3.05) is 17.6 Å². The predicted octanol–water partition coefficient (Wildman–Crippen LogP) is -0.207. The average molecular weight is 247 g/mol. The second kappa shape index (κ2) is 4.74. The van der Waals surface area contributed by atoms with E-state index in [1.54, 1.807) is 18.2 Å². The smallest absolute Gasteiger partial charge is 0.260 e. The molecule has 94 valence electrons. The molecule has 0 aliphatic carbocycles. The van der Waals surface area contributed by atoms with E-state index in [-0.39, 0.29) is 12.0 Å². The van der Waals surface area contributed by atoms with E-state index >= 15 is 0 Å². The van der Waals surface area contributed by atoms with Crippen LogP contribution in [0.5, 0.6) is 0 Å². The first-order valence-electron chi connectivity index (χ1n) is 5.38.